The highest BCUT2D eigenvalue weighted by atomic mass is 32.1. The van der Waals surface area contributed by atoms with E-state index in [1.165, 1.54) is 34.9 Å². The molecule has 1 aromatic heterocycles. The molecule has 0 atom stereocenters. The molecule has 1 nitrogen and oxygen atoms in total. The van der Waals surface area contributed by atoms with E-state index < -0.39 is 0 Å². The molecule has 0 fully saturated rings. The van der Waals surface area contributed by atoms with Crippen molar-refractivity contribution < 1.29 is 0 Å². The van der Waals surface area contributed by atoms with Crippen LogP contribution in [0.4, 0.5) is 0 Å². The second kappa shape index (κ2) is 5.85. The molecule has 2 aromatic rings. The first kappa shape index (κ1) is 13.6. The summed E-state index contributed by atoms with van der Waals surface area (Å²) in [7, 11) is 0. The summed E-state index contributed by atoms with van der Waals surface area (Å²) >= 11 is 1.85. The summed E-state index contributed by atoms with van der Waals surface area (Å²) in [6.07, 6.45) is 3.59. The quantitative estimate of drug-likeness (QED) is 0.775. The first-order valence-corrected chi connectivity index (χ1v) is 7.82. The Labute approximate surface area is 114 Å². The Morgan fingerprint density at radius 3 is 2.39 bits per heavy atom. The second-order valence-corrected chi connectivity index (χ2v) is 5.86. The number of hydrogen-bond donors (Lipinski definition) is 1. The fourth-order valence-corrected chi connectivity index (χ4v) is 3.54. The van der Waals surface area contributed by atoms with Crippen molar-refractivity contribution >= 4 is 21.4 Å². The Hall–Kier alpha value is -0.860. The van der Waals surface area contributed by atoms with Crippen molar-refractivity contribution in [2.24, 2.45) is 0 Å². The Morgan fingerprint density at radius 1 is 1.06 bits per heavy atom. The van der Waals surface area contributed by atoms with Gasteiger partial charge in [-0.1, -0.05) is 39.0 Å². The van der Waals surface area contributed by atoms with Gasteiger partial charge in [0.1, 0.15) is 0 Å². The summed E-state index contributed by atoms with van der Waals surface area (Å²) in [4.78, 5) is 0. The Kier molecular flexibility index (Phi) is 4.41. The SMILES string of the molecule is CCC(CC)(CC)NCc1csc2ccccc12. The molecule has 0 saturated heterocycles. The van der Waals surface area contributed by atoms with Crippen LogP contribution in [-0.4, -0.2) is 5.54 Å². The lowest BCUT2D eigenvalue weighted by atomic mass is 9.89. The standard InChI is InChI=1S/C16H23NS/c1-4-16(5-2,6-3)17-11-13-12-18-15-10-8-7-9-14(13)15/h7-10,12,17H,4-6,11H2,1-3H3. The number of rotatable bonds is 6. The van der Waals surface area contributed by atoms with E-state index in [0.29, 0.717) is 5.54 Å². The summed E-state index contributed by atoms with van der Waals surface area (Å²) in [6.45, 7) is 7.84. The third-order valence-corrected chi connectivity index (χ3v) is 5.26. The number of fused-ring (bicyclic) bond motifs is 1. The molecule has 0 amide bonds. The van der Waals surface area contributed by atoms with Crippen LogP contribution in [0, 0.1) is 0 Å². The van der Waals surface area contributed by atoms with Gasteiger partial charge in [0, 0.05) is 16.8 Å². The highest BCUT2D eigenvalue weighted by molar-refractivity contribution is 7.17. The summed E-state index contributed by atoms with van der Waals surface area (Å²) in [5, 5.41) is 7.49. The van der Waals surface area contributed by atoms with Crippen LogP contribution in [0.3, 0.4) is 0 Å². The van der Waals surface area contributed by atoms with Crippen molar-refractivity contribution in [1.82, 2.24) is 5.32 Å². The molecule has 0 aliphatic carbocycles. The number of nitrogens with one attached hydrogen (secondary N) is 1. The van der Waals surface area contributed by atoms with Gasteiger partial charge in [0.15, 0.2) is 0 Å². The molecule has 0 spiro atoms. The third-order valence-electron chi connectivity index (χ3n) is 4.25. The lowest BCUT2D eigenvalue weighted by Crippen LogP contribution is -2.43. The van der Waals surface area contributed by atoms with Crippen LogP contribution in [0.15, 0.2) is 29.6 Å². The van der Waals surface area contributed by atoms with Gasteiger partial charge in [-0.3, -0.25) is 0 Å². The maximum absolute atomic E-state index is 3.78. The summed E-state index contributed by atoms with van der Waals surface area (Å²) < 4.78 is 1.39. The van der Waals surface area contributed by atoms with E-state index in [1.54, 1.807) is 0 Å². The van der Waals surface area contributed by atoms with E-state index >= 15 is 0 Å². The van der Waals surface area contributed by atoms with E-state index in [-0.39, 0.29) is 0 Å². The molecule has 2 rings (SSSR count). The van der Waals surface area contributed by atoms with Gasteiger partial charge < -0.3 is 5.32 Å². The van der Waals surface area contributed by atoms with Crippen molar-refractivity contribution in [2.75, 3.05) is 0 Å². The zero-order valence-corrected chi connectivity index (χ0v) is 12.4. The topological polar surface area (TPSA) is 12.0 Å². The van der Waals surface area contributed by atoms with Gasteiger partial charge >= 0.3 is 0 Å². The largest absolute Gasteiger partial charge is 0.307 e. The highest BCUT2D eigenvalue weighted by Crippen LogP contribution is 2.27. The van der Waals surface area contributed by atoms with Crippen molar-refractivity contribution in [3.8, 4) is 0 Å². The lowest BCUT2D eigenvalue weighted by molar-refractivity contribution is 0.288. The normalized spacial score (nSPS) is 12.2. The smallest absolute Gasteiger partial charge is 0.0346 e. The van der Waals surface area contributed by atoms with Crippen LogP contribution in [0.2, 0.25) is 0 Å². The molecule has 18 heavy (non-hydrogen) atoms. The first-order chi connectivity index (χ1) is 8.74. The van der Waals surface area contributed by atoms with Crippen molar-refractivity contribution in [1.29, 1.82) is 0 Å². The first-order valence-electron chi connectivity index (χ1n) is 6.94. The molecule has 98 valence electrons. The molecule has 2 heteroatoms. The molecule has 0 unspecified atom stereocenters. The monoisotopic (exact) mass is 261 g/mol. The molecule has 1 N–H and O–H groups in total. The molecule has 0 radical (unpaired) electrons. The third kappa shape index (κ3) is 2.60. The fraction of sp³-hybridized carbons (Fsp3) is 0.500. The number of thiophene rings is 1. The molecule has 0 aliphatic rings. The average molecular weight is 261 g/mol. The van der Waals surface area contributed by atoms with Crippen molar-refractivity contribution in [3.05, 3.63) is 35.2 Å². The molecular formula is C16H23NS. The molecular weight excluding hydrogens is 238 g/mol. The lowest BCUT2D eigenvalue weighted by Gasteiger charge is -2.32. The molecule has 0 bridgehead atoms. The van der Waals surface area contributed by atoms with Gasteiger partial charge in [-0.2, -0.15) is 0 Å². The number of benzene rings is 1. The molecule has 0 saturated carbocycles. The van der Waals surface area contributed by atoms with E-state index in [9.17, 15) is 0 Å². The van der Waals surface area contributed by atoms with Crippen LogP contribution in [-0.2, 0) is 6.54 Å². The van der Waals surface area contributed by atoms with Gasteiger partial charge in [0.2, 0.25) is 0 Å². The second-order valence-electron chi connectivity index (χ2n) is 4.95. The minimum Gasteiger partial charge on any atom is -0.307 e. The zero-order valence-electron chi connectivity index (χ0n) is 11.6. The van der Waals surface area contributed by atoms with Crippen LogP contribution in [0.5, 0.6) is 0 Å². The van der Waals surface area contributed by atoms with Crippen LogP contribution in [0.1, 0.15) is 45.6 Å². The molecule has 1 aromatic carbocycles. The van der Waals surface area contributed by atoms with Gasteiger partial charge in [0.05, 0.1) is 0 Å². The van der Waals surface area contributed by atoms with E-state index in [0.717, 1.165) is 6.54 Å². The average Bonchev–Trinajstić information content (AvgIpc) is 2.85. The van der Waals surface area contributed by atoms with Crippen LogP contribution in [0.25, 0.3) is 10.1 Å². The van der Waals surface area contributed by atoms with E-state index in [1.807, 2.05) is 11.3 Å². The number of hydrogen-bond acceptors (Lipinski definition) is 2. The fourth-order valence-electron chi connectivity index (χ4n) is 2.58. The van der Waals surface area contributed by atoms with Crippen molar-refractivity contribution in [3.63, 3.8) is 0 Å². The van der Waals surface area contributed by atoms with Crippen LogP contribution >= 0.6 is 11.3 Å². The van der Waals surface area contributed by atoms with Gasteiger partial charge in [0.25, 0.3) is 0 Å². The maximum atomic E-state index is 3.78. The molecule has 0 aliphatic heterocycles. The van der Waals surface area contributed by atoms with Gasteiger partial charge in [-0.15, -0.1) is 11.3 Å². The minimum absolute atomic E-state index is 0.309. The minimum atomic E-state index is 0.309. The summed E-state index contributed by atoms with van der Waals surface area (Å²) in [6, 6.07) is 8.68. The molecule has 1 heterocycles. The predicted octanol–water partition coefficient (Wildman–Crippen LogP) is 4.96. The zero-order chi connectivity index (χ0) is 13.0. The predicted molar refractivity (Wildman–Crippen MR) is 82.3 cm³/mol. The van der Waals surface area contributed by atoms with Crippen LogP contribution < -0.4 is 5.32 Å². The Bertz CT molecular complexity index is 488. The van der Waals surface area contributed by atoms with Gasteiger partial charge in [-0.05, 0) is 41.7 Å². The Morgan fingerprint density at radius 2 is 1.72 bits per heavy atom. The summed E-state index contributed by atoms with van der Waals surface area (Å²) in [5.41, 5.74) is 1.75. The highest BCUT2D eigenvalue weighted by Gasteiger charge is 2.22. The van der Waals surface area contributed by atoms with Gasteiger partial charge in [-0.25, -0.2) is 0 Å². The van der Waals surface area contributed by atoms with E-state index in [4.69, 9.17) is 0 Å². The summed E-state index contributed by atoms with van der Waals surface area (Å²) in [5.74, 6) is 0. The Balaban J connectivity index is 2.14. The maximum Gasteiger partial charge on any atom is 0.0346 e. The van der Waals surface area contributed by atoms with E-state index in [2.05, 4.69) is 55.7 Å². The van der Waals surface area contributed by atoms with Crippen molar-refractivity contribution in [2.45, 2.75) is 52.1 Å².